The van der Waals surface area contributed by atoms with E-state index in [0.717, 1.165) is 13.1 Å². The number of nitrogens with one attached hydrogen (secondary N) is 1. The molecule has 0 radical (unpaired) electrons. The Balaban J connectivity index is 1.77. The van der Waals surface area contributed by atoms with Gasteiger partial charge in [0, 0.05) is 53.7 Å². The number of aromatic nitrogens is 1. The van der Waals surface area contributed by atoms with E-state index in [-0.39, 0.29) is 4.91 Å². The van der Waals surface area contributed by atoms with Gasteiger partial charge >= 0.3 is 5.97 Å². The Morgan fingerprint density at radius 1 is 1.33 bits per heavy atom. The lowest BCUT2D eigenvalue weighted by molar-refractivity contribution is -0.131. The predicted octanol–water partition coefficient (Wildman–Crippen LogP) is 0.386. The van der Waals surface area contributed by atoms with Gasteiger partial charge in [-0.05, 0) is 12.5 Å². The lowest BCUT2D eigenvalue weighted by atomic mass is 10.1. The summed E-state index contributed by atoms with van der Waals surface area (Å²) in [7, 11) is -2.31. The maximum atomic E-state index is 12.2. The Bertz CT molecular complexity index is 655. The fourth-order valence-electron chi connectivity index (χ4n) is 2.70. The molecular weight excluding hydrogens is 312 g/mol. The van der Waals surface area contributed by atoms with Crippen LogP contribution < -0.4 is 0 Å². The second-order valence-electron chi connectivity index (χ2n) is 5.04. The van der Waals surface area contributed by atoms with Gasteiger partial charge in [0.1, 0.15) is 4.91 Å². The molecule has 1 fully saturated rings. The first kappa shape index (κ1) is 14.7. The topological polar surface area (TPSA) is 90.5 Å². The van der Waals surface area contributed by atoms with Crippen molar-refractivity contribution in [3.8, 4) is 0 Å². The van der Waals surface area contributed by atoms with Crippen LogP contribution >= 0.6 is 0 Å². The van der Waals surface area contributed by atoms with E-state index >= 15 is 0 Å². The van der Waals surface area contributed by atoms with Crippen LogP contribution in [0.2, 0.25) is 0 Å². The molecule has 1 aromatic heterocycles. The van der Waals surface area contributed by atoms with Crippen molar-refractivity contribution in [2.75, 3.05) is 31.1 Å². The number of nitrogens with zero attached hydrogens (tertiary/aromatic N) is 1. The number of aromatic amines is 1. The third-order valence-corrected chi connectivity index (χ3v) is 6.62. The first-order valence-electron chi connectivity index (χ1n) is 6.71. The molecule has 114 valence electrons. The fraction of sp³-hybridized carbons (Fsp3) is 0.462. The molecule has 2 aliphatic rings. The van der Waals surface area contributed by atoms with Gasteiger partial charge < -0.3 is 15.0 Å². The van der Waals surface area contributed by atoms with Crippen molar-refractivity contribution in [3.05, 3.63) is 22.9 Å². The Kier molecular flexibility index (Phi) is 4.10. The molecule has 0 aromatic carbocycles. The molecule has 1 atom stereocenters. The first-order valence-corrected chi connectivity index (χ1v) is 9.35. The van der Waals surface area contributed by atoms with Crippen LogP contribution in [0.3, 0.4) is 0 Å². The largest absolute Gasteiger partial charge is 0.477 e. The van der Waals surface area contributed by atoms with Gasteiger partial charge in [0.15, 0.2) is 0 Å². The number of carbonyl (C=O) groups is 1. The van der Waals surface area contributed by atoms with Crippen LogP contribution in [0.4, 0.5) is 0 Å². The summed E-state index contributed by atoms with van der Waals surface area (Å²) >= 11 is 0. The summed E-state index contributed by atoms with van der Waals surface area (Å²) < 4.78 is 23.5. The number of rotatable bonds is 4. The molecule has 1 saturated heterocycles. The molecule has 0 aliphatic carbocycles. The zero-order chi connectivity index (χ0) is 15.0. The zero-order valence-corrected chi connectivity index (χ0v) is 13.0. The maximum absolute atomic E-state index is 12.2. The number of aliphatic carboxylic acids is 1. The monoisotopic (exact) mass is 328 g/mol. The summed E-state index contributed by atoms with van der Waals surface area (Å²) in [5.41, 5.74) is 1.32. The van der Waals surface area contributed by atoms with E-state index < -0.39 is 27.6 Å². The van der Waals surface area contributed by atoms with E-state index in [0.29, 0.717) is 40.6 Å². The number of carboxylic acids is 1. The summed E-state index contributed by atoms with van der Waals surface area (Å²) in [5.74, 6) is 0.224. The van der Waals surface area contributed by atoms with Crippen molar-refractivity contribution in [2.24, 2.45) is 0 Å². The third-order valence-electron chi connectivity index (χ3n) is 3.81. The first-order chi connectivity index (χ1) is 10.1. The molecule has 3 heterocycles. The van der Waals surface area contributed by atoms with Crippen molar-refractivity contribution < 1.29 is 18.3 Å². The summed E-state index contributed by atoms with van der Waals surface area (Å²) in [5, 5.41) is 9.30. The summed E-state index contributed by atoms with van der Waals surface area (Å²) in [6, 6.07) is 1.67. The normalized spacial score (nSPS) is 23.5. The van der Waals surface area contributed by atoms with Crippen molar-refractivity contribution in [2.45, 2.75) is 11.3 Å². The van der Waals surface area contributed by atoms with Crippen LogP contribution in [0.1, 0.15) is 12.1 Å². The molecule has 0 amide bonds. The SMILES string of the molecule is O=C(O)C1=C(CCN2CCS(=O)CC2)c2[nH]ccc2S1=O. The van der Waals surface area contributed by atoms with Crippen LogP contribution in [-0.4, -0.2) is 60.5 Å². The highest BCUT2D eigenvalue weighted by atomic mass is 32.2. The molecule has 2 aliphatic heterocycles. The zero-order valence-electron chi connectivity index (χ0n) is 11.3. The van der Waals surface area contributed by atoms with Crippen molar-refractivity contribution in [1.82, 2.24) is 9.88 Å². The average Bonchev–Trinajstić information content (AvgIpc) is 3.01. The Morgan fingerprint density at radius 3 is 2.71 bits per heavy atom. The molecule has 2 N–H and O–H groups in total. The standard InChI is InChI=1S/C13H16N2O4S2/c16-13(17)12-9(11-10(21(12)19)1-3-14-11)2-4-15-5-7-20(18)8-6-15/h1,3,14H,2,4-8H2,(H,16,17). The van der Waals surface area contributed by atoms with Gasteiger partial charge in [-0.15, -0.1) is 0 Å². The molecule has 21 heavy (non-hydrogen) atoms. The smallest absolute Gasteiger partial charge is 0.345 e. The summed E-state index contributed by atoms with van der Waals surface area (Å²) in [6.07, 6.45) is 2.22. The second-order valence-corrected chi connectivity index (χ2v) is 8.12. The Morgan fingerprint density at radius 2 is 2.05 bits per heavy atom. The average molecular weight is 328 g/mol. The molecular formula is C13H16N2O4S2. The Hall–Kier alpha value is -1.25. The van der Waals surface area contributed by atoms with Gasteiger partial charge in [-0.2, -0.15) is 0 Å². The highest BCUT2D eigenvalue weighted by Crippen LogP contribution is 2.37. The van der Waals surface area contributed by atoms with Gasteiger partial charge in [-0.25, -0.2) is 9.00 Å². The predicted molar refractivity (Wildman–Crippen MR) is 80.7 cm³/mol. The van der Waals surface area contributed by atoms with Gasteiger partial charge in [-0.1, -0.05) is 0 Å². The minimum Gasteiger partial charge on any atom is -0.477 e. The second kappa shape index (κ2) is 5.86. The van der Waals surface area contributed by atoms with Gasteiger partial charge in [0.05, 0.1) is 21.4 Å². The number of hydrogen-bond donors (Lipinski definition) is 2. The van der Waals surface area contributed by atoms with Crippen LogP contribution in [0, 0.1) is 0 Å². The quantitative estimate of drug-likeness (QED) is 0.834. The molecule has 8 heteroatoms. The number of H-pyrrole nitrogens is 1. The lowest BCUT2D eigenvalue weighted by Crippen LogP contribution is -2.38. The molecule has 0 bridgehead atoms. The molecule has 0 spiro atoms. The minimum atomic E-state index is -1.60. The lowest BCUT2D eigenvalue weighted by Gasteiger charge is -2.26. The summed E-state index contributed by atoms with van der Waals surface area (Å²) in [6.45, 7) is 2.23. The number of hydrogen-bond acceptors (Lipinski definition) is 4. The molecule has 6 nitrogen and oxygen atoms in total. The van der Waals surface area contributed by atoms with Gasteiger partial charge in [-0.3, -0.25) is 4.21 Å². The number of carboxylic acid groups (broad SMARTS) is 1. The third kappa shape index (κ3) is 2.75. The molecule has 0 saturated carbocycles. The maximum Gasteiger partial charge on any atom is 0.345 e. The summed E-state index contributed by atoms with van der Waals surface area (Å²) in [4.78, 5) is 17.1. The number of fused-ring (bicyclic) bond motifs is 1. The van der Waals surface area contributed by atoms with Crippen LogP contribution in [0.15, 0.2) is 22.1 Å². The van der Waals surface area contributed by atoms with Crippen LogP contribution in [0.5, 0.6) is 0 Å². The van der Waals surface area contributed by atoms with Crippen molar-refractivity contribution in [1.29, 1.82) is 0 Å². The van der Waals surface area contributed by atoms with Crippen LogP contribution in [-0.2, 0) is 26.4 Å². The van der Waals surface area contributed by atoms with E-state index in [4.69, 9.17) is 0 Å². The van der Waals surface area contributed by atoms with Crippen molar-refractivity contribution in [3.63, 3.8) is 0 Å². The highest BCUT2D eigenvalue weighted by molar-refractivity contribution is 7.90. The minimum absolute atomic E-state index is 0.00237. The van der Waals surface area contributed by atoms with E-state index in [1.54, 1.807) is 12.3 Å². The Labute approximate surface area is 127 Å². The van der Waals surface area contributed by atoms with Crippen LogP contribution in [0.25, 0.3) is 5.57 Å². The van der Waals surface area contributed by atoms with Gasteiger partial charge in [0.2, 0.25) is 0 Å². The molecule has 1 aromatic rings. The van der Waals surface area contributed by atoms with E-state index in [1.807, 2.05) is 0 Å². The van der Waals surface area contributed by atoms with E-state index in [2.05, 4.69) is 9.88 Å². The van der Waals surface area contributed by atoms with E-state index in [1.165, 1.54) is 0 Å². The van der Waals surface area contributed by atoms with Crippen molar-refractivity contribution >= 4 is 33.1 Å². The molecule has 3 rings (SSSR count). The fourth-order valence-corrected chi connectivity index (χ4v) is 5.19. The van der Waals surface area contributed by atoms with Gasteiger partial charge in [0.25, 0.3) is 0 Å². The highest BCUT2D eigenvalue weighted by Gasteiger charge is 2.34. The molecule has 1 unspecified atom stereocenters. The van der Waals surface area contributed by atoms with E-state index in [9.17, 15) is 18.3 Å².